The van der Waals surface area contributed by atoms with Crippen molar-refractivity contribution in [1.82, 2.24) is 4.90 Å². The van der Waals surface area contributed by atoms with Gasteiger partial charge in [0.1, 0.15) is 5.69 Å². The summed E-state index contributed by atoms with van der Waals surface area (Å²) in [5.41, 5.74) is 0.482. The van der Waals surface area contributed by atoms with E-state index in [-0.39, 0.29) is 17.5 Å². The minimum absolute atomic E-state index is 0.0126. The summed E-state index contributed by atoms with van der Waals surface area (Å²) in [4.78, 5) is 13.0. The highest BCUT2D eigenvalue weighted by Gasteiger charge is 2.21. The molecule has 0 fully saturated rings. The number of benzene rings is 1. The first-order valence-electron chi connectivity index (χ1n) is 6.83. The van der Waals surface area contributed by atoms with E-state index in [9.17, 15) is 10.1 Å². The van der Waals surface area contributed by atoms with Crippen molar-refractivity contribution < 1.29 is 9.66 Å². The maximum atomic E-state index is 11.2. The quantitative estimate of drug-likeness (QED) is 0.586. The first-order valence-corrected chi connectivity index (χ1v) is 6.83. The number of para-hydroxylation sites is 1. The van der Waals surface area contributed by atoms with E-state index in [0.717, 1.165) is 19.6 Å². The first-order chi connectivity index (χ1) is 9.53. The fourth-order valence-electron chi connectivity index (χ4n) is 2.17. The van der Waals surface area contributed by atoms with E-state index in [1.54, 1.807) is 18.2 Å². The van der Waals surface area contributed by atoms with Gasteiger partial charge in [0.25, 0.3) is 0 Å². The summed E-state index contributed by atoms with van der Waals surface area (Å²) >= 11 is 0. The number of ether oxygens (including phenoxy) is 1. The Kier molecular flexibility index (Phi) is 6.24. The smallest absolute Gasteiger partial charge is 0.333 e. The summed E-state index contributed by atoms with van der Waals surface area (Å²) in [5.74, 6) is 0.273. The second kappa shape index (κ2) is 7.69. The Balaban J connectivity index is 2.89. The largest absolute Gasteiger partial charge is 0.490 e. The zero-order valence-electron chi connectivity index (χ0n) is 12.5. The van der Waals surface area contributed by atoms with Crippen molar-refractivity contribution in [2.45, 2.75) is 26.8 Å². The van der Waals surface area contributed by atoms with Crippen molar-refractivity contribution in [3.8, 4) is 5.75 Å². The van der Waals surface area contributed by atoms with Crippen LogP contribution in [0.1, 0.15) is 20.8 Å². The lowest BCUT2D eigenvalue weighted by Crippen LogP contribution is -2.34. The maximum Gasteiger partial charge on any atom is 0.333 e. The summed E-state index contributed by atoms with van der Waals surface area (Å²) in [6.45, 7) is 8.97. The highest BCUT2D eigenvalue weighted by Crippen LogP contribution is 2.34. The zero-order chi connectivity index (χ0) is 15.1. The molecule has 0 aliphatic rings. The zero-order valence-corrected chi connectivity index (χ0v) is 12.5. The van der Waals surface area contributed by atoms with Gasteiger partial charge in [-0.3, -0.25) is 10.1 Å². The second-order valence-electron chi connectivity index (χ2n) is 4.64. The molecule has 0 radical (unpaired) electrons. The van der Waals surface area contributed by atoms with Crippen LogP contribution >= 0.6 is 0 Å². The molecule has 0 saturated carbocycles. The van der Waals surface area contributed by atoms with Gasteiger partial charge in [-0.05, 0) is 32.1 Å². The van der Waals surface area contributed by atoms with E-state index < -0.39 is 4.92 Å². The van der Waals surface area contributed by atoms with Crippen molar-refractivity contribution in [3.05, 3.63) is 28.3 Å². The SMILES string of the molecule is CCN(CC)CC(C)Nc1cccc(OC)c1[N+](=O)[O-]. The van der Waals surface area contributed by atoms with E-state index in [2.05, 4.69) is 24.1 Å². The molecule has 0 bridgehead atoms. The number of nitro benzene ring substituents is 1. The molecule has 0 aliphatic heterocycles. The van der Waals surface area contributed by atoms with Crippen LogP contribution in [-0.4, -0.2) is 42.6 Å². The Labute approximate surface area is 119 Å². The molecule has 1 aromatic carbocycles. The molecule has 0 spiro atoms. The average Bonchev–Trinajstić information content (AvgIpc) is 2.43. The molecular weight excluding hydrogens is 258 g/mol. The van der Waals surface area contributed by atoms with Gasteiger partial charge in [0.2, 0.25) is 0 Å². The Hall–Kier alpha value is -1.82. The van der Waals surface area contributed by atoms with Crippen molar-refractivity contribution in [1.29, 1.82) is 0 Å². The number of nitro groups is 1. The third-order valence-electron chi connectivity index (χ3n) is 3.23. The van der Waals surface area contributed by atoms with Gasteiger partial charge in [0, 0.05) is 12.6 Å². The van der Waals surface area contributed by atoms with Gasteiger partial charge in [-0.1, -0.05) is 19.9 Å². The van der Waals surface area contributed by atoms with Crippen LogP contribution < -0.4 is 10.1 Å². The molecule has 112 valence electrons. The molecule has 6 heteroatoms. The van der Waals surface area contributed by atoms with Gasteiger partial charge < -0.3 is 15.0 Å². The van der Waals surface area contributed by atoms with Gasteiger partial charge in [0.15, 0.2) is 5.75 Å². The topological polar surface area (TPSA) is 67.6 Å². The second-order valence-corrected chi connectivity index (χ2v) is 4.64. The molecule has 6 nitrogen and oxygen atoms in total. The molecule has 20 heavy (non-hydrogen) atoms. The molecule has 1 rings (SSSR count). The lowest BCUT2D eigenvalue weighted by molar-refractivity contribution is -0.384. The summed E-state index contributed by atoms with van der Waals surface area (Å²) in [5, 5.41) is 14.4. The van der Waals surface area contributed by atoms with Crippen LogP contribution in [0.15, 0.2) is 18.2 Å². The summed E-state index contributed by atoms with van der Waals surface area (Å²) in [6.07, 6.45) is 0. The molecule has 1 atom stereocenters. The molecule has 0 heterocycles. The van der Waals surface area contributed by atoms with Crippen molar-refractivity contribution in [2.75, 3.05) is 32.1 Å². The van der Waals surface area contributed by atoms with Gasteiger partial charge in [0.05, 0.1) is 12.0 Å². The van der Waals surface area contributed by atoms with Crippen molar-refractivity contribution >= 4 is 11.4 Å². The monoisotopic (exact) mass is 281 g/mol. The Morgan fingerprint density at radius 3 is 2.55 bits per heavy atom. The highest BCUT2D eigenvalue weighted by atomic mass is 16.6. The summed E-state index contributed by atoms with van der Waals surface area (Å²) in [7, 11) is 1.44. The predicted octanol–water partition coefficient (Wildman–Crippen LogP) is 2.75. The number of hydrogen-bond donors (Lipinski definition) is 1. The molecule has 1 aromatic rings. The molecule has 0 saturated heterocycles. The number of nitrogens with zero attached hydrogens (tertiary/aromatic N) is 2. The van der Waals surface area contributed by atoms with Crippen LogP contribution in [-0.2, 0) is 0 Å². The average molecular weight is 281 g/mol. The van der Waals surface area contributed by atoms with Crippen molar-refractivity contribution in [2.24, 2.45) is 0 Å². The number of methoxy groups -OCH3 is 1. The number of anilines is 1. The lowest BCUT2D eigenvalue weighted by Gasteiger charge is -2.24. The van der Waals surface area contributed by atoms with E-state index >= 15 is 0 Å². The van der Waals surface area contributed by atoms with Crippen molar-refractivity contribution in [3.63, 3.8) is 0 Å². The molecule has 1 unspecified atom stereocenters. The van der Waals surface area contributed by atoms with E-state index in [0.29, 0.717) is 5.69 Å². The van der Waals surface area contributed by atoms with Crippen LogP contribution in [0.4, 0.5) is 11.4 Å². The van der Waals surface area contributed by atoms with E-state index in [4.69, 9.17) is 4.74 Å². The number of hydrogen-bond acceptors (Lipinski definition) is 5. The predicted molar refractivity (Wildman–Crippen MR) is 80.5 cm³/mol. The minimum Gasteiger partial charge on any atom is -0.490 e. The third kappa shape index (κ3) is 4.09. The third-order valence-corrected chi connectivity index (χ3v) is 3.23. The van der Waals surface area contributed by atoms with Crippen LogP contribution in [0.25, 0.3) is 0 Å². The Morgan fingerprint density at radius 2 is 2.05 bits per heavy atom. The number of rotatable bonds is 8. The Bertz CT molecular complexity index is 447. The summed E-state index contributed by atoms with van der Waals surface area (Å²) in [6, 6.07) is 5.16. The molecule has 0 aromatic heterocycles. The van der Waals surface area contributed by atoms with Crippen LogP contribution in [0.3, 0.4) is 0 Å². The fourth-order valence-corrected chi connectivity index (χ4v) is 2.17. The number of likely N-dealkylation sites (N-methyl/N-ethyl adjacent to an activating group) is 1. The van der Waals surface area contributed by atoms with Gasteiger partial charge in [-0.15, -0.1) is 0 Å². The minimum atomic E-state index is -0.411. The van der Waals surface area contributed by atoms with Gasteiger partial charge in [-0.25, -0.2) is 0 Å². The lowest BCUT2D eigenvalue weighted by atomic mass is 10.2. The van der Waals surface area contributed by atoms with Gasteiger partial charge in [-0.2, -0.15) is 0 Å². The highest BCUT2D eigenvalue weighted by molar-refractivity contribution is 5.68. The molecule has 0 aliphatic carbocycles. The standard InChI is InChI=1S/C14H23N3O3/c1-5-16(6-2)10-11(3)15-12-8-7-9-13(20-4)14(12)17(18)19/h7-9,11,15H,5-6,10H2,1-4H3. The van der Waals surface area contributed by atoms with Crippen LogP contribution in [0.5, 0.6) is 5.75 Å². The molecule has 0 amide bonds. The van der Waals surface area contributed by atoms with Gasteiger partial charge >= 0.3 is 5.69 Å². The normalized spacial score (nSPS) is 12.2. The fraction of sp³-hybridized carbons (Fsp3) is 0.571. The summed E-state index contributed by atoms with van der Waals surface area (Å²) < 4.78 is 5.06. The number of nitrogens with one attached hydrogen (secondary N) is 1. The van der Waals surface area contributed by atoms with E-state index in [1.165, 1.54) is 7.11 Å². The maximum absolute atomic E-state index is 11.2. The van der Waals surface area contributed by atoms with E-state index in [1.807, 2.05) is 6.92 Å². The van der Waals surface area contributed by atoms with Crippen LogP contribution in [0, 0.1) is 10.1 Å². The Morgan fingerprint density at radius 1 is 1.40 bits per heavy atom. The van der Waals surface area contributed by atoms with Crippen LogP contribution in [0.2, 0.25) is 0 Å². The first kappa shape index (κ1) is 16.2. The molecular formula is C14H23N3O3. The molecule has 1 N–H and O–H groups in total.